The third-order valence-electron chi connectivity index (χ3n) is 2.95. The summed E-state index contributed by atoms with van der Waals surface area (Å²) in [6, 6.07) is 7.04. The number of esters is 1. The number of carbonyl (C=O) groups is 1. The summed E-state index contributed by atoms with van der Waals surface area (Å²) in [6.07, 6.45) is 0. The maximum atomic E-state index is 12.6. The van der Waals surface area contributed by atoms with E-state index in [1.807, 2.05) is 6.07 Å². The van der Waals surface area contributed by atoms with Crippen LogP contribution in [0.5, 0.6) is 0 Å². The number of hydrogen-bond donors (Lipinski definition) is 1. The van der Waals surface area contributed by atoms with Gasteiger partial charge in [0.25, 0.3) is 10.0 Å². The molecule has 1 aromatic carbocycles. The monoisotopic (exact) mass is 325 g/mol. The standard InChI is InChI=1S/C14H15NO4S2/c1-9-6-4-5-7-11(9)15-21(17,18)13-10(2)8-20-12(13)14(16)19-3/h4-8,15H,1-3H3. The van der Waals surface area contributed by atoms with Gasteiger partial charge in [0.05, 0.1) is 12.8 Å². The maximum Gasteiger partial charge on any atom is 0.349 e. The molecule has 0 spiro atoms. The van der Waals surface area contributed by atoms with E-state index in [1.54, 1.807) is 37.4 Å². The quantitative estimate of drug-likeness (QED) is 0.877. The van der Waals surface area contributed by atoms with Gasteiger partial charge in [0.15, 0.2) is 0 Å². The fourth-order valence-electron chi connectivity index (χ4n) is 1.88. The fourth-order valence-corrected chi connectivity index (χ4v) is 4.72. The van der Waals surface area contributed by atoms with E-state index in [9.17, 15) is 13.2 Å². The topological polar surface area (TPSA) is 72.5 Å². The summed E-state index contributed by atoms with van der Waals surface area (Å²) in [5.74, 6) is -0.654. The second-order valence-electron chi connectivity index (χ2n) is 4.49. The van der Waals surface area contributed by atoms with E-state index in [4.69, 9.17) is 0 Å². The van der Waals surface area contributed by atoms with Crippen molar-refractivity contribution < 1.29 is 17.9 Å². The highest BCUT2D eigenvalue weighted by Gasteiger charge is 2.27. The van der Waals surface area contributed by atoms with Crippen molar-refractivity contribution in [2.45, 2.75) is 18.7 Å². The molecule has 0 saturated carbocycles. The molecule has 0 saturated heterocycles. The Morgan fingerprint density at radius 2 is 1.86 bits per heavy atom. The molecule has 0 aliphatic heterocycles. The molecule has 0 unspecified atom stereocenters. The summed E-state index contributed by atoms with van der Waals surface area (Å²) in [5.41, 5.74) is 1.80. The minimum atomic E-state index is -3.85. The van der Waals surface area contributed by atoms with Gasteiger partial charge in [0, 0.05) is 0 Å². The number of para-hydroxylation sites is 1. The van der Waals surface area contributed by atoms with Crippen molar-refractivity contribution in [3.8, 4) is 0 Å². The first kappa shape index (κ1) is 15.5. The molecule has 1 N–H and O–H groups in total. The van der Waals surface area contributed by atoms with Crippen LogP contribution >= 0.6 is 11.3 Å². The zero-order valence-corrected chi connectivity index (χ0v) is 13.5. The average Bonchev–Trinajstić information content (AvgIpc) is 2.83. The molecular weight excluding hydrogens is 310 g/mol. The molecule has 2 rings (SSSR count). The lowest BCUT2D eigenvalue weighted by molar-refractivity contribution is 0.0602. The van der Waals surface area contributed by atoms with E-state index < -0.39 is 16.0 Å². The fraction of sp³-hybridized carbons (Fsp3) is 0.214. The number of nitrogens with one attached hydrogen (secondary N) is 1. The summed E-state index contributed by atoms with van der Waals surface area (Å²) in [4.78, 5) is 11.8. The van der Waals surface area contributed by atoms with Gasteiger partial charge in [-0.05, 0) is 36.4 Å². The van der Waals surface area contributed by atoms with Crippen LogP contribution in [-0.4, -0.2) is 21.5 Å². The van der Waals surface area contributed by atoms with Crippen molar-refractivity contribution in [2.24, 2.45) is 0 Å². The number of thiophene rings is 1. The Balaban J connectivity index is 2.48. The molecular formula is C14H15NO4S2. The van der Waals surface area contributed by atoms with Crippen molar-refractivity contribution in [1.82, 2.24) is 0 Å². The highest BCUT2D eigenvalue weighted by atomic mass is 32.2. The van der Waals surface area contributed by atoms with Gasteiger partial charge in [0.2, 0.25) is 0 Å². The number of ether oxygens (including phenoxy) is 1. The third kappa shape index (κ3) is 3.08. The highest BCUT2D eigenvalue weighted by molar-refractivity contribution is 7.93. The molecule has 1 heterocycles. The van der Waals surface area contributed by atoms with Crippen LogP contribution in [-0.2, 0) is 14.8 Å². The number of benzene rings is 1. The minimum Gasteiger partial charge on any atom is -0.465 e. The Bertz CT molecular complexity index is 778. The number of rotatable bonds is 4. The first-order valence-electron chi connectivity index (χ1n) is 6.11. The summed E-state index contributed by atoms with van der Waals surface area (Å²) >= 11 is 1.06. The Morgan fingerprint density at radius 3 is 2.48 bits per heavy atom. The molecule has 0 aliphatic carbocycles. The molecule has 0 bridgehead atoms. The smallest absolute Gasteiger partial charge is 0.349 e. The van der Waals surface area contributed by atoms with E-state index >= 15 is 0 Å². The zero-order chi connectivity index (χ0) is 15.6. The number of methoxy groups -OCH3 is 1. The summed E-state index contributed by atoms with van der Waals surface area (Å²) in [5, 5.41) is 1.62. The molecule has 0 aliphatic rings. The number of hydrogen-bond acceptors (Lipinski definition) is 5. The van der Waals surface area contributed by atoms with E-state index in [-0.39, 0.29) is 9.77 Å². The summed E-state index contributed by atoms with van der Waals surface area (Å²) in [6.45, 7) is 3.45. The summed E-state index contributed by atoms with van der Waals surface area (Å²) in [7, 11) is -2.62. The van der Waals surface area contributed by atoms with Crippen LogP contribution in [0, 0.1) is 13.8 Å². The van der Waals surface area contributed by atoms with Gasteiger partial charge in [-0.1, -0.05) is 18.2 Å². The van der Waals surface area contributed by atoms with Gasteiger partial charge >= 0.3 is 5.97 Å². The SMILES string of the molecule is COC(=O)c1scc(C)c1S(=O)(=O)Nc1ccccc1C. The predicted molar refractivity (Wildman–Crippen MR) is 82.4 cm³/mol. The van der Waals surface area contributed by atoms with Gasteiger partial charge in [-0.2, -0.15) is 0 Å². The predicted octanol–water partition coefficient (Wildman–Crippen LogP) is 2.95. The van der Waals surface area contributed by atoms with Crippen molar-refractivity contribution >= 4 is 33.0 Å². The molecule has 1 aromatic heterocycles. The Hall–Kier alpha value is -1.86. The van der Waals surface area contributed by atoms with Crippen LogP contribution in [0.25, 0.3) is 0 Å². The molecule has 0 radical (unpaired) electrons. The number of carbonyl (C=O) groups excluding carboxylic acids is 1. The van der Waals surface area contributed by atoms with E-state index in [1.165, 1.54) is 7.11 Å². The molecule has 0 fully saturated rings. The first-order valence-corrected chi connectivity index (χ1v) is 8.48. The third-order valence-corrected chi connectivity index (χ3v) is 5.71. The molecule has 0 atom stereocenters. The molecule has 112 valence electrons. The Kier molecular flexibility index (Phi) is 4.34. The molecule has 7 heteroatoms. The summed E-state index contributed by atoms with van der Waals surface area (Å²) < 4.78 is 32.3. The van der Waals surface area contributed by atoms with Gasteiger partial charge < -0.3 is 4.74 Å². The maximum absolute atomic E-state index is 12.6. The van der Waals surface area contributed by atoms with Crippen molar-refractivity contribution in [3.63, 3.8) is 0 Å². The highest BCUT2D eigenvalue weighted by Crippen LogP contribution is 2.29. The van der Waals surface area contributed by atoms with Crippen molar-refractivity contribution in [2.75, 3.05) is 11.8 Å². The molecule has 2 aromatic rings. The lowest BCUT2D eigenvalue weighted by atomic mass is 10.2. The van der Waals surface area contributed by atoms with Crippen molar-refractivity contribution in [3.05, 3.63) is 45.6 Å². The first-order chi connectivity index (χ1) is 9.86. The lowest BCUT2D eigenvalue weighted by Gasteiger charge is -2.11. The van der Waals surface area contributed by atoms with Crippen LogP contribution in [0.4, 0.5) is 5.69 Å². The van der Waals surface area contributed by atoms with Crippen LogP contribution in [0.2, 0.25) is 0 Å². The Morgan fingerprint density at radius 1 is 1.19 bits per heavy atom. The number of anilines is 1. The molecule has 0 amide bonds. The normalized spacial score (nSPS) is 11.2. The van der Waals surface area contributed by atoms with Crippen molar-refractivity contribution in [1.29, 1.82) is 0 Å². The molecule has 5 nitrogen and oxygen atoms in total. The van der Waals surface area contributed by atoms with Gasteiger partial charge in [-0.15, -0.1) is 11.3 Å². The van der Waals surface area contributed by atoms with Gasteiger partial charge in [-0.3, -0.25) is 4.72 Å². The second kappa shape index (κ2) is 5.87. The average molecular weight is 325 g/mol. The minimum absolute atomic E-state index is 0.0254. The van der Waals surface area contributed by atoms with E-state index in [0.717, 1.165) is 16.9 Å². The second-order valence-corrected chi connectivity index (χ2v) is 6.99. The molecule has 21 heavy (non-hydrogen) atoms. The van der Waals surface area contributed by atoms with Gasteiger partial charge in [-0.25, -0.2) is 13.2 Å². The number of aryl methyl sites for hydroxylation is 2. The van der Waals surface area contributed by atoms with E-state index in [2.05, 4.69) is 9.46 Å². The Labute approximate surface area is 127 Å². The van der Waals surface area contributed by atoms with Crippen LogP contribution in [0.1, 0.15) is 20.8 Å². The number of sulfonamides is 1. The largest absolute Gasteiger partial charge is 0.465 e. The lowest BCUT2D eigenvalue weighted by Crippen LogP contribution is -2.17. The van der Waals surface area contributed by atoms with Crippen LogP contribution < -0.4 is 4.72 Å². The zero-order valence-electron chi connectivity index (χ0n) is 11.8. The van der Waals surface area contributed by atoms with E-state index in [0.29, 0.717) is 11.3 Å². The van der Waals surface area contributed by atoms with Gasteiger partial charge in [0.1, 0.15) is 9.77 Å². The van der Waals surface area contributed by atoms with Crippen LogP contribution in [0.15, 0.2) is 34.5 Å². The van der Waals surface area contributed by atoms with Crippen LogP contribution in [0.3, 0.4) is 0 Å².